The van der Waals surface area contributed by atoms with Crippen LogP contribution in [0.2, 0.25) is 5.15 Å². The number of anilines is 1. The third-order valence-electron chi connectivity index (χ3n) is 2.33. The Labute approximate surface area is 116 Å². The Morgan fingerprint density at radius 3 is 2.94 bits per heavy atom. The molecule has 0 spiro atoms. The maximum Gasteiger partial charge on any atom is 0.335 e. The second-order valence-corrected chi connectivity index (χ2v) is 5.68. The topological polar surface area (TPSA) is 62.2 Å². The van der Waals surface area contributed by atoms with Crippen LogP contribution in [0.5, 0.6) is 0 Å². The lowest BCUT2D eigenvalue weighted by atomic mass is 10.2. The molecule has 1 aromatic rings. The SMILES string of the molecule is CCSCCC(C)Nc1cc(C(=O)O)cc(Cl)n1. The predicted octanol–water partition coefficient (Wildman–Crippen LogP) is 3.38. The summed E-state index contributed by atoms with van der Waals surface area (Å²) in [5, 5.41) is 12.3. The first-order valence-corrected chi connectivity index (χ1v) is 7.31. The number of carbonyl (C=O) groups is 1. The first kappa shape index (κ1) is 15.1. The molecule has 1 unspecified atom stereocenters. The number of nitrogens with zero attached hydrogens (tertiary/aromatic N) is 1. The van der Waals surface area contributed by atoms with Crippen molar-refractivity contribution in [2.24, 2.45) is 0 Å². The molecule has 100 valence electrons. The van der Waals surface area contributed by atoms with Crippen molar-refractivity contribution in [3.05, 3.63) is 22.8 Å². The van der Waals surface area contributed by atoms with Crippen molar-refractivity contribution < 1.29 is 9.90 Å². The van der Waals surface area contributed by atoms with E-state index >= 15 is 0 Å². The number of carboxylic acids is 1. The molecule has 0 bridgehead atoms. The summed E-state index contributed by atoms with van der Waals surface area (Å²) in [7, 11) is 0. The van der Waals surface area contributed by atoms with E-state index in [9.17, 15) is 4.79 Å². The minimum absolute atomic E-state index is 0.146. The highest BCUT2D eigenvalue weighted by Gasteiger charge is 2.09. The summed E-state index contributed by atoms with van der Waals surface area (Å²) in [5.74, 6) is 1.67. The Kier molecular flexibility index (Phi) is 6.29. The predicted molar refractivity (Wildman–Crippen MR) is 76.9 cm³/mol. The van der Waals surface area contributed by atoms with Crippen molar-refractivity contribution in [2.75, 3.05) is 16.8 Å². The maximum absolute atomic E-state index is 10.9. The number of nitrogens with one attached hydrogen (secondary N) is 1. The van der Waals surface area contributed by atoms with Crippen molar-refractivity contribution in [3.8, 4) is 0 Å². The molecule has 6 heteroatoms. The minimum atomic E-state index is -1.00. The zero-order valence-electron chi connectivity index (χ0n) is 10.4. The van der Waals surface area contributed by atoms with Gasteiger partial charge in [0.2, 0.25) is 0 Å². The van der Waals surface area contributed by atoms with Crippen LogP contribution in [-0.4, -0.2) is 33.6 Å². The first-order chi connectivity index (χ1) is 8.52. The summed E-state index contributed by atoms with van der Waals surface area (Å²) in [4.78, 5) is 15.0. The van der Waals surface area contributed by atoms with Crippen LogP contribution in [0.25, 0.3) is 0 Å². The molecule has 0 aliphatic rings. The third kappa shape index (κ3) is 5.14. The Morgan fingerprint density at radius 1 is 1.61 bits per heavy atom. The van der Waals surface area contributed by atoms with E-state index in [-0.39, 0.29) is 16.8 Å². The van der Waals surface area contributed by atoms with Gasteiger partial charge in [0, 0.05) is 6.04 Å². The molecule has 0 aliphatic heterocycles. The molecule has 1 aromatic heterocycles. The normalized spacial score (nSPS) is 12.2. The molecule has 0 aromatic carbocycles. The van der Waals surface area contributed by atoms with Gasteiger partial charge in [-0.15, -0.1) is 0 Å². The Bertz CT molecular complexity index is 415. The third-order valence-corrected chi connectivity index (χ3v) is 3.46. The maximum atomic E-state index is 10.9. The largest absolute Gasteiger partial charge is 0.478 e. The van der Waals surface area contributed by atoms with E-state index < -0.39 is 5.97 Å². The fourth-order valence-electron chi connectivity index (χ4n) is 1.42. The lowest BCUT2D eigenvalue weighted by Gasteiger charge is -2.14. The molecule has 2 N–H and O–H groups in total. The monoisotopic (exact) mass is 288 g/mol. The highest BCUT2D eigenvalue weighted by molar-refractivity contribution is 7.99. The fourth-order valence-corrected chi connectivity index (χ4v) is 2.44. The summed E-state index contributed by atoms with van der Waals surface area (Å²) in [6.07, 6.45) is 0.995. The number of aromatic nitrogens is 1. The van der Waals surface area contributed by atoms with Gasteiger partial charge in [0.25, 0.3) is 0 Å². The molecule has 1 heterocycles. The number of aromatic carboxylic acids is 1. The Morgan fingerprint density at radius 2 is 2.33 bits per heavy atom. The van der Waals surface area contributed by atoms with Crippen LogP contribution >= 0.6 is 23.4 Å². The van der Waals surface area contributed by atoms with E-state index in [1.165, 1.54) is 12.1 Å². The van der Waals surface area contributed by atoms with Crippen LogP contribution in [0, 0.1) is 0 Å². The van der Waals surface area contributed by atoms with Gasteiger partial charge >= 0.3 is 5.97 Å². The lowest BCUT2D eigenvalue weighted by Crippen LogP contribution is -2.17. The van der Waals surface area contributed by atoms with Gasteiger partial charge < -0.3 is 10.4 Å². The molecule has 0 radical (unpaired) electrons. The van der Waals surface area contributed by atoms with Crippen LogP contribution in [-0.2, 0) is 0 Å². The molecule has 0 fully saturated rings. The van der Waals surface area contributed by atoms with Crippen molar-refractivity contribution in [2.45, 2.75) is 26.3 Å². The first-order valence-electron chi connectivity index (χ1n) is 5.78. The van der Waals surface area contributed by atoms with E-state index in [0.29, 0.717) is 5.82 Å². The van der Waals surface area contributed by atoms with E-state index in [2.05, 4.69) is 17.2 Å². The molecule has 0 saturated heterocycles. The van der Waals surface area contributed by atoms with E-state index in [4.69, 9.17) is 16.7 Å². The van der Waals surface area contributed by atoms with Crippen molar-refractivity contribution in [3.63, 3.8) is 0 Å². The number of thioether (sulfide) groups is 1. The molecule has 4 nitrogen and oxygen atoms in total. The Balaban J connectivity index is 2.63. The van der Waals surface area contributed by atoms with Gasteiger partial charge in [-0.25, -0.2) is 9.78 Å². The summed E-state index contributed by atoms with van der Waals surface area (Å²) in [6.45, 7) is 4.17. The molecule has 0 saturated carbocycles. The van der Waals surface area contributed by atoms with Crippen LogP contribution < -0.4 is 5.32 Å². The number of rotatable bonds is 7. The smallest absolute Gasteiger partial charge is 0.335 e. The van der Waals surface area contributed by atoms with Gasteiger partial charge in [-0.05, 0) is 37.0 Å². The average Bonchev–Trinajstić information content (AvgIpc) is 2.28. The summed E-state index contributed by atoms with van der Waals surface area (Å²) in [5.41, 5.74) is 0.146. The van der Waals surface area contributed by atoms with Crippen LogP contribution in [0.1, 0.15) is 30.6 Å². The molecule has 1 atom stereocenters. The molecular formula is C12H17ClN2O2S. The van der Waals surface area contributed by atoms with E-state index in [0.717, 1.165) is 17.9 Å². The zero-order valence-corrected chi connectivity index (χ0v) is 12.0. The fraction of sp³-hybridized carbons (Fsp3) is 0.500. The second-order valence-electron chi connectivity index (χ2n) is 3.90. The molecule has 0 aliphatic carbocycles. The average molecular weight is 289 g/mol. The standard InChI is InChI=1S/C12H17ClN2O2S/c1-3-18-5-4-8(2)14-11-7-9(12(16)17)6-10(13)15-11/h6-8H,3-5H2,1-2H3,(H,14,15)(H,16,17). The van der Waals surface area contributed by atoms with Crippen molar-refractivity contribution >= 4 is 35.1 Å². The molecule has 1 rings (SSSR count). The Hall–Kier alpha value is -0.940. The van der Waals surface area contributed by atoms with Gasteiger partial charge in [0.05, 0.1) is 5.56 Å². The quantitative estimate of drug-likeness (QED) is 0.595. The van der Waals surface area contributed by atoms with Gasteiger partial charge in [0.1, 0.15) is 11.0 Å². The van der Waals surface area contributed by atoms with Crippen LogP contribution in [0.3, 0.4) is 0 Å². The van der Waals surface area contributed by atoms with Crippen molar-refractivity contribution in [1.29, 1.82) is 0 Å². The van der Waals surface area contributed by atoms with Crippen LogP contribution in [0.4, 0.5) is 5.82 Å². The van der Waals surface area contributed by atoms with E-state index in [1.54, 1.807) is 0 Å². The van der Waals surface area contributed by atoms with Gasteiger partial charge in [0.15, 0.2) is 0 Å². The van der Waals surface area contributed by atoms with Crippen molar-refractivity contribution in [1.82, 2.24) is 4.98 Å². The summed E-state index contributed by atoms with van der Waals surface area (Å²) in [6, 6.07) is 3.07. The zero-order chi connectivity index (χ0) is 13.5. The second kappa shape index (κ2) is 7.48. The minimum Gasteiger partial charge on any atom is -0.478 e. The summed E-state index contributed by atoms with van der Waals surface area (Å²) >= 11 is 7.66. The highest BCUT2D eigenvalue weighted by Crippen LogP contribution is 2.16. The highest BCUT2D eigenvalue weighted by atomic mass is 35.5. The number of halogens is 1. The van der Waals surface area contributed by atoms with E-state index in [1.807, 2.05) is 18.7 Å². The molecule has 18 heavy (non-hydrogen) atoms. The lowest BCUT2D eigenvalue weighted by molar-refractivity contribution is 0.0697. The number of carboxylic acid groups (broad SMARTS) is 1. The van der Waals surface area contributed by atoms with Gasteiger partial charge in [-0.3, -0.25) is 0 Å². The van der Waals surface area contributed by atoms with Gasteiger partial charge in [-0.1, -0.05) is 18.5 Å². The van der Waals surface area contributed by atoms with Crippen LogP contribution in [0.15, 0.2) is 12.1 Å². The number of pyridine rings is 1. The van der Waals surface area contributed by atoms with Gasteiger partial charge in [-0.2, -0.15) is 11.8 Å². The molecular weight excluding hydrogens is 272 g/mol. The number of hydrogen-bond acceptors (Lipinski definition) is 4. The number of hydrogen-bond donors (Lipinski definition) is 2. The molecule has 0 amide bonds. The summed E-state index contributed by atoms with van der Waals surface area (Å²) < 4.78 is 0.